The summed E-state index contributed by atoms with van der Waals surface area (Å²) in [4.78, 5) is 1.88. The van der Waals surface area contributed by atoms with Gasteiger partial charge < -0.3 is 15.7 Å². The number of benzene rings is 1. The van der Waals surface area contributed by atoms with Crippen molar-refractivity contribution in [2.75, 3.05) is 18.5 Å². The number of hydrogen-bond donors (Lipinski definition) is 2. The van der Waals surface area contributed by atoms with Gasteiger partial charge in [-0.3, -0.25) is 0 Å². The van der Waals surface area contributed by atoms with Crippen molar-refractivity contribution in [1.82, 2.24) is 0 Å². The molecular weight excluding hydrogens is 207 g/mol. The Hall–Kier alpha value is -1.13. The number of rotatable bonds is 4. The molecular formula is C12H19FN2O. The fourth-order valence-electron chi connectivity index (χ4n) is 1.73. The summed E-state index contributed by atoms with van der Waals surface area (Å²) in [5.74, 6) is -0.290. The standard InChI is InChI=1S/C12H19FN2O/c1-8(16)7-15(3)12-5-4-10(13)6-11(12)9(2)14/h4-6,8-9,16H,7,14H2,1-3H3. The Morgan fingerprint density at radius 3 is 2.56 bits per heavy atom. The first-order valence-electron chi connectivity index (χ1n) is 5.36. The largest absolute Gasteiger partial charge is 0.392 e. The second-order valence-corrected chi connectivity index (χ2v) is 4.22. The number of likely N-dealkylation sites (N-methyl/N-ethyl adjacent to an activating group) is 1. The van der Waals surface area contributed by atoms with Gasteiger partial charge in [-0.25, -0.2) is 4.39 Å². The van der Waals surface area contributed by atoms with Crippen molar-refractivity contribution in [1.29, 1.82) is 0 Å². The summed E-state index contributed by atoms with van der Waals surface area (Å²) in [5.41, 5.74) is 7.41. The Labute approximate surface area is 95.7 Å². The molecule has 3 nitrogen and oxygen atoms in total. The zero-order valence-corrected chi connectivity index (χ0v) is 9.94. The number of hydrogen-bond acceptors (Lipinski definition) is 3. The summed E-state index contributed by atoms with van der Waals surface area (Å²) in [6, 6.07) is 4.30. The summed E-state index contributed by atoms with van der Waals surface area (Å²) in [7, 11) is 1.85. The van der Waals surface area contributed by atoms with Crippen LogP contribution in [-0.4, -0.2) is 24.8 Å². The number of nitrogens with zero attached hydrogens (tertiary/aromatic N) is 1. The van der Waals surface area contributed by atoms with Gasteiger partial charge in [-0.05, 0) is 37.6 Å². The zero-order valence-electron chi connectivity index (χ0n) is 9.94. The van der Waals surface area contributed by atoms with Gasteiger partial charge in [0.25, 0.3) is 0 Å². The predicted octanol–water partition coefficient (Wildman–Crippen LogP) is 1.66. The summed E-state index contributed by atoms with van der Waals surface area (Å²) < 4.78 is 13.1. The molecule has 1 aromatic carbocycles. The molecule has 0 aliphatic carbocycles. The monoisotopic (exact) mass is 226 g/mol. The molecule has 2 unspecified atom stereocenters. The van der Waals surface area contributed by atoms with Gasteiger partial charge in [-0.15, -0.1) is 0 Å². The van der Waals surface area contributed by atoms with Crippen LogP contribution in [0.4, 0.5) is 10.1 Å². The van der Waals surface area contributed by atoms with Gasteiger partial charge in [0.1, 0.15) is 5.82 Å². The molecule has 3 N–H and O–H groups in total. The fraction of sp³-hybridized carbons (Fsp3) is 0.500. The molecule has 16 heavy (non-hydrogen) atoms. The molecule has 0 radical (unpaired) electrons. The third-order valence-electron chi connectivity index (χ3n) is 2.43. The van der Waals surface area contributed by atoms with Gasteiger partial charge >= 0.3 is 0 Å². The second-order valence-electron chi connectivity index (χ2n) is 4.22. The normalized spacial score (nSPS) is 14.6. The Morgan fingerprint density at radius 1 is 1.44 bits per heavy atom. The molecule has 0 bridgehead atoms. The van der Waals surface area contributed by atoms with Gasteiger partial charge in [0.2, 0.25) is 0 Å². The Bertz CT molecular complexity index is 353. The maximum absolute atomic E-state index is 13.1. The molecule has 0 aromatic heterocycles. The number of halogens is 1. The number of nitrogens with two attached hydrogens (primary N) is 1. The minimum atomic E-state index is -0.434. The van der Waals surface area contributed by atoms with Crippen molar-refractivity contribution in [2.45, 2.75) is 26.0 Å². The van der Waals surface area contributed by atoms with E-state index in [-0.39, 0.29) is 11.9 Å². The Balaban J connectivity index is 3.02. The van der Waals surface area contributed by atoms with Crippen LogP contribution in [-0.2, 0) is 0 Å². The van der Waals surface area contributed by atoms with Crippen LogP contribution in [0.25, 0.3) is 0 Å². The van der Waals surface area contributed by atoms with E-state index < -0.39 is 6.10 Å². The van der Waals surface area contributed by atoms with Crippen molar-refractivity contribution in [2.24, 2.45) is 5.73 Å². The molecule has 2 atom stereocenters. The van der Waals surface area contributed by atoms with E-state index in [0.29, 0.717) is 6.54 Å². The molecule has 4 heteroatoms. The van der Waals surface area contributed by atoms with Crippen LogP contribution in [0.5, 0.6) is 0 Å². The SMILES string of the molecule is CC(O)CN(C)c1ccc(F)cc1C(C)N. The molecule has 90 valence electrons. The third kappa shape index (κ3) is 3.18. The van der Waals surface area contributed by atoms with Crippen LogP contribution < -0.4 is 10.6 Å². The highest BCUT2D eigenvalue weighted by Gasteiger charge is 2.13. The van der Waals surface area contributed by atoms with Crippen molar-refractivity contribution in [3.63, 3.8) is 0 Å². The van der Waals surface area contributed by atoms with Crippen LogP contribution in [0.1, 0.15) is 25.5 Å². The summed E-state index contributed by atoms with van der Waals surface area (Å²) in [6.45, 7) is 4.02. The minimum Gasteiger partial charge on any atom is -0.392 e. The maximum atomic E-state index is 13.1. The van der Waals surface area contributed by atoms with E-state index in [1.807, 2.05) is 18.9 Å². The minimum absolute atomic E-state index is 0.234. The lowest BCUT2D eigenvalue weighted by molar-refractivity contribution is 0.201. The number of anilines is 1. The first-order valence-corrected chi connectivity index (χ1v) is 5.36. The van der Waals surface area contributed by atoms with Crippen LogP contribution in [0.15, 0.2) is 18.2 Å². The van der Waals surface area contributed by atoms with Crippen LogP contribution in [0.3, 0.4) is 0 Å². The van der Waals surface area contributed by atoms with Gasteiger partial charge in [-0.2, -0.15) is 0 Å². The molecule has 0 aliphatic heterocycles. The van der Waals surface area contributed by atoms with Crippen molar-refractivity contribution >= 4 is 5.69 Å². The molecule has 0 spiro atoms. The van der Waals surface area contributed by atoms with E-state index >= 15 is 0 Å². The lowest BCUT2D eigenvalue weighted by atomic mass is 10.1. The molecule has 0 heterocycles. The Morgan fingerprint density at radius 2 is 2.06 bits per heavy atom. The van der Waals surface area contributed by atoms with Gasteiger partial charge in [0, 0.05) is 25.3 Å². The van der Waals surface area contributed by atoms with E-state index in [9.17, 15) is 9.50 Å². The summed E-state index contributed by atoms with van der Waals surface area (Å²) in [6.07, 6.45) is -0.434. The molecule has 0 fully saturated rings. The highest BCUT2D eigenvalue weighted by atomic mass is 19.1. The van der Waals surface area contributed by atoms with Crippen molar-refractivity contribution in [3.05, 3.63) is 29.6 Å². The highest BCUT2D eigenvalue weighted by molar-refractivity contribution is 5.54. The van der Waals surface area contributed by atoms with E-state index in [1.54, 1.807) is 13.0 Å². The van der Waals surface area contributed by atoms with Gasteiger partial charge in [-0.1, -0.05) is 0 Å². The van der Waals surface area contributed by atoms with Crippen molar-refractivity contribution < 1.29 is 9.50 Å². The second kappa shape index (κ2) is 5.27. The number of aliphatic hydroxyl groups excluding tert-OH is 1. The molecule has 0 aliphatic rings. The molecule has 1 rings (SSSR count). The number of aliphatic hydroxyl groups is 1. The average molecular weight is 226 g/mol. The van der Waals surface area contributed by atoms with E-state index in [4.69, 9.17) is 5.73 Å². The average Bonchev–Trinajstić information content (AvgIpc) is 2.16. The quantitative estimate of drug-likeness (QED) is 0.821. The molecule has 1 aromatic rings. The zero-order chi connectivity index (χ0) is 12.3. The Kier molecular flexibility index (Phi) is 4.26. The molecule has 0 saturated heterocycles. The molecule has 0 amide bonds. The lowest BCUT2D eigenvalue weighted by Crippen LogP contribution is -2.28. The van der Waals surface area contributed by atoms with Gasteiger partial charge in [0.15, 0.2) is 0 Å². The third-order valence-corrected chi connectivity index (χ3v) is 2.43. The first-order chi connectivity index (χ1) is 7.41. The smallest absolute Gasteiger partial charge is 0.123 e. The lowest BCUT2D eigenvalue weighted by Gasteiger charge is -2.25. The first kappa shape index (κ1) is 12.9. The molecule has 0 saturated carbocycles. The van der Waals surface area contributed by atoms with E-state index in [2.05, 4.69) is 0 Å². The van der Waals surface area contributed by atoms with Crippen molar-refractivity contribution in [3.8, 4) is 0 Å². The van der Waals surface area contributed by atoms with E-state index in [0.717, 1.165) is 11.3 Å². The summed E-state index contributed by atoms with van der Waals surface area (Å²) >= 11 is 0. The van der Waals surface area contributed by atoms with Crippen LogP contribution in [0.2, 0.25) is 0 Å². The van der Waals surface area contributed by atoms with Gasteiger partial charge in [0.05, 0.1) is 6.10 Å². The highest BCUT2D eigenvalue weighted by Crippen LogP contribution is 2.25. The fourth-order valence-corrected chi connectivity index (χ4v) is 1.73. The van der Waals surface area contributed by atoms with E-state index in [1.165, 1.54) is 12.1 Å². The van der Waals surface area contributed by atoms with Crippen LogP contribution >= 0.6 is 0 Å². The maximum Gasteiger partial charge on any atom is 0.123 e. The van der Waals surface area contributed by atoms with Crippen LogP contribution in [0, 0.1) is 5.82 Å². The topological polar surface area (TPSA) is 49.5 Å². The summed E-state index contributed by atoms with van der Waals surface area (Å²) in [5, 5.41) is 9.32. The predicted molar refractivity (Wildman–Crippen MR) is 64.0 cm³/mol.